The fourth-order valence-electron chi connectivity index (χ4n) is 1.78. The van der Waals surface area contributed by atoms with Gasteiger partial charge < -0.3 is 11.1 Å². The molecule has 0 aliphatic carbocycles. The highest BCUT2D eigenvalue weighted by Gasteiger charge is 2.33. The molecule has 1 atom stereocenters. The monoisotopic (exact) mass is 299 g/mol. The molecule has 1 unspecified atom stereocenters. The van der Waals surface area contributed by atoms with Gasteiger partial charge in [-0.3, -0.25) is 15.8 Å². The van der Waals surface area contributed by atoms with E-state index in [1.165, 1.54) is 12.1 Å². The molecule has 1 aliphatic rings. The minimum absolute atomic E-state index is 0.0413. The molecular formula is C11H11ClFN5O2. The van der Waals surface area contributed by atoms with Gasteiger partial charge in [0, 0.05) is 6.42 Å². The van der Waals surface area contributed by atoms with Crippen LogP contribution in [0.4, 0.5) is 4.39 Å². The summed E-state index contributed by atoms with van der Waals surface area (Å²) in [7, 11) is 0. The third-order valence-corrected chi connectivity index (χ3v) is 3.02. The van der Waals surface area contributed by atoms with E-state index in [-0.39, 0.29) is 22.8 Å². The Bertz CT molecular complexity index is 633. The van der Waals surface area contributed by atoms with E-state index >= 15 is 0 Å². The van der Waals surface area contributed by atoms with Gasteiger partial charge in [-0.2, -0.15) is 0 Å². The van der Waals surface area contributed by atoms with E-state index in [1.54, 1.807) is 6.07 Å². The second kappa shape index (κ2) is 5.06. The van der Waals surface area contributed by atoms with Crippen LogP contribution in [-0.2, 0) is 6.42 Å². The second-order valence-corrected chi connectivity index (χ2v) is 4.65. The zero-order chi connectivity index (χ0) is 14.9. The molecule has 0 fully saturated rings. The highest BCUT2D eigenvalue weighted by molar-refractivity contribution is 6.30. The maximum atomic E-state index is 13.8. The van der Waals surface area contributed by atoms with Gasteiger partial charge in [0.2, 0.25) is 5.84 Å². The molecule has 2 rings (SSSR count). The highest BCUT2D eigenvalue weighted by atomic mass is 35.5. The molecule has 0 spiro atoms. The van der Waals surface area contributed by atoms with Gasteiger partial charge in [-0.25, -0.2) is 9.38 Å². The molecule has 1 heterocycles. The topological polar surface area (TPSA) is 120 Å². The van der Waals surface area contributed by atoms with Crippen molar-refractivity contribution in [3.05, 3.63) is 56.6 Å². The summed E-state index contributed by atoms with van der Waals surface area (Å²) in [4.78, 5) is 13.8. The van der Waals surface area contributed by atoms with Crippen LogP contribution >= 0.6 is 11.6 Å². The highest BCUT2D eigenvalue weighted by Crippen LogP contribution is 2.22. The minimum Gasteiger partial charge on any atom is -0.378 e. The van der Waals surface area contributed by atoms with E-state index in [9.17, 15) is 14.5 Å². The molecule has 9 heteroatoms. The van der Waals surface area contributed by atoms with E-state index in [1.807, 2.05) is 0 Å². The first kappa shape index (κ1) is 14.2. The number of nitrogens with zero attached hydrogens (tertiary/aromatic N) is 2. The van der Waals surface area contributed by atoms with Crippen LogP contribution in [0.5, 0.6) is 0 Å². The van der Waals surface area contributed by atoms with Crippen molar-refractivity contribution < 1.29 is 9.31 Å². The average molecular weight is 300 g/mol. The SMILES string of the molecule is NC1=NC(N)(Cc2cccc(Cl)c2F)NC=C1[N+](=O)[O-]. The summed E-state index contributed by atoms with van der Waals surface area (Å²) in [6.45, 7) is 0. The number of nitrogens with two attached hydrogens (primary N) is 2. The van der Waals surface area contributed by atoms with Crippen LogP contribution in [0.2, 0.25) is 5.02 Å². The molecule has 0 amide bonds. The van der Waals surface area contributed by atoms with Gasteiger partial charge in [-0.05, 0) is 11.6 Å². The third-order valence-electron chi connectivity index (χ3n) is 2.73. The Morgan fingerprint density at radius 1 is 1.55 bits per heavy atom. The van der Waals surface area contributed by atoms with E-state index in [4.69, 9.17) is 23.1 Å². The Hall–Kier alpha value is -2.19. The normalized spacial score (nSPS) is 21.8. The summed E-state index contributed by atoms with van der Waals surface area (Å²) in [5.74, 6) is -2.40. The van der Waals surface area contributed by atoms with Crippen molar-refractivity contribution in [2.45, 2.75) is 12.2 Å². The van der Waals surface area contributed by atoms with Gasteiger partial charge in [0.15, 0.2) is 5.79 Å². The second-order valence-electron chi connectivity index (χ2n) is 4.24. The predicted molar refractivity (Wildman–Crippen MR) is 71.9 cm³/mol. The van der Waals surface area contributed by atoms with Gasteiger partial charge in [0.05, 0.1) is 16.1 Å². The number of nitro groups is 1. The first-order chi connectivity index (χ1) is 9.32. The molecule has 0 aromatic heterocycles. The summed E-state index contributed by atoms with van der Waals surface area (Å²) in [5, 5.41) is 13.2. The van der Waals surface area contributed by atoms with Crippen molar-refractivity contribution in [1.29, 1.82) is 0 Å². The molecule has 20 heavy (non-hydrogen) atoms. The number of hydrogen-bond acceptors (Lipinski definition) is 6. The number of benzene rings is 1. The first-order valence-corrected chi connectivity index (χ1v) is 5.90. The van der Waals surface area contributed by atoms with E-state index < -0.39 is 22.2 Å². The van der Waals surface area contributed by atoms with E-state index in [2.05, 4.69) is 10.3 Å². The molecular weight excluding hydrogens is 289 g/mol. The molecule has 0 radical (unpaired) electrons. The van der Waals surface area contributed by atoms with Crippen molar-refractivity contribution in [1.82, 2.24) is 5.32 Å². The van der Waals surface area contributed by atoms with E-state index in [0.29, 0.717) is 0 Å². The Morgan fingerprint density at radius 2 is 2.25 bits per heavy atom. The maximum Gasteiger partial charge on any atom is 0.326 e. The van der Waals surface area contributed by atoms with Crippen LogP contribution in [-0.4, -0.2) is 16.5 Å². The quantitative estimate of drug-likeness (QED) is 0.561. The van der Waals surface area contributed by atoms with Crippen molar-refractivity contribution in [2.75, 3.05) is 0 Å². The molecule has 5 N–H and O–H groups in total. The van der Waals surface area contributed by atoms with Crippen LogP contribution in [0.3, 0.4) is 0 Å². The molecule has 106 valence electrons. The Labute approximate surface area is 118 Å². The largest absolute Gasteiger partial charge is 0.378 e. The number of amidine groups is 1. The minimum atomic E-state index is -1.46. The first-order valence-electron chi connectivity index (χ1n) is 5.52. The zero-order valence-corrected chi connectivity index (χ0v) is 10.9. The summed E-state index contributed by atoms with van der Waals surface area (Å²) < 4.78 is 13.8. The molecule has 1 aromatic rings. The lowest BCUT2D eigenvalue weighted by atomic mass is 10.1. The molecule has 0 saturated carbocycles. The van der Waals surface area contributed by atoms with Crippen LogP contribution in [0.1, 0.15) is 5.56 Å². The van der Waals surface area contributed by atoms with Gasteiger partial charge in [-0.1, -0.05) is 23.7 Å². The lowest BCUT2D eigenvalue weighted by Gasteiger charge is -2.28. The number of halogens is 2. The molecule has 0 bridgehead atoms. The molecule has 1 aliphatic heterocycles. The number of nitrogens with one attached hydrogen (secondary N) is 1. The smallest absolute Gasteiger partial charge is 0.326 e. The average Bonchev–Trinajstić information content (AvgIpc) is 2.34. The number of aliphatic imine (C=N–C) groups is 1. The summed E-state index contributed by atoms with van der Waals surface area (Å²) in [5.41, 5.74) is 11.2. The maximum absolute atomic E-state index is 13.8. The van der Waals surface area contributed by atoms with Gasteiger partial charge in [-0.15, -0.1) is 0 Å². The lowest BCUT2D eigenvalue weighted by molar-refractivity contribution is -0.416. The van der Waals surface area contributed by atoms with Crippen molar-refractivity contribution >= 4 is 17.4 Å². The van der Waals surface area contributed by atoms with Gasteiger partial charge in [0.25, 0.3) is 0 Å². The van der Waals surface area contributed by atoms with Crippen LogP contribution in [0.15, 0.2) is 35.1 Å². The number of hydrogen-bond donors (Lipinski definition) is 3. The van der Waals surface area contributed by atoms with Crippen LogP contribution in [0, 0.1) is 15.9 Å². The molecule has 0 saturated heterocycles. The van der Waals surface area contributed by atoms with E-state index in [0.717, 1.165) is 6.20 Å². The Kier molecular flexibility index (Phi) is 3.60. The standard InChI is InChI=1S/C11H11ClFN5O2/c12-7-3-1-2-6(9(7)13)4-11(15)16-5-8(18(19)20)10(14)17-11/h1-3,5,16H,4,15H2,(H2,14,17). The Balaban J connectivity index is 2.27. The Morgan fingerprint density at radius 3 is 2.85 bits per heavy atom. The fourth-order valence-corrected chi connectivity index (χ4v) is 1.98. The number of rotatable bonds is 3. The lowest BCUT2D eigenvalue weighted by Crippen LogP contribution is -2.55. The summed E-state index contributed by atoms with van der Waals surface area (Å²) in [6.07, 6.45) is 0.979. The summed E-state index contributed by atoms with van der Waals surface area (Å²) >= 11 is 5.67. The van der Waals surface area contributed by atoms with Crippen LogP contribution in [0.25, 0.3) is 0 Å². The van der Waals surface area contributed by atoms with Gasteiger partial charge >= 0.3 is 5.70 Å². The zero-order valence-electron chi connectivity index (χ0n) is 10.1. The van der Waals surface area contributed by atoms with Crippen molar-refractivity contribution in [3.63, 3.8) is 0 Å². The molecule has 1 aromatic carbocycles. The van der Waals surface area contributed by atoms with Crippen molar-refractivity contribution in [3.8, 4) is 0 Å². The fraction of sp³-hybridized carbons (Fsp3) is 0.182. The third kappa shape index (κ3) is 2.70. The predicted octanol–water partition coefficient (Wildman–Crippen LogP) is 0.713. The van der Waals surface area contributed by atoms with Gasteiger partial charge in [0.1, 0.15) is 5.82 Å². The van der Waals surface area contributed by atoms with Crippen LogP contribution < -0.4 is 16.8 Å². The molecule has 7 nitrogen and oxygen atoms in total. The van der Waals surface area contributed by atoms with Crippen molar-refractivity contribution in [2.24, 2.45) is 16.5 Å². The summed E-state index contributed by atoms with van der Waals surface area (Å²) in [6, 6.07) is 4.47.